The third kappa shape index (κ3) is 5.28. The molecular formula is C19H31N5O4. The van der Waals surface area contributed by atoms with Crippen molar-refractivity contribution in [2.45, 2.75) is 62.8 Å². The summed E-state index contributed by atoms with van der Waals surface area (Å²) in [6, 6.07) is -0.136. The molecule has 9 nitrogen and oxygen atoms in total. The number of aliphatic hydroxyl groups excluding tert-OH is 1. The number of amides is 1. The molecule has 2 saturated heterocycles. The van der Waals surface area contributed by atoms with Gasteiger partial charge in [-0.2, -0.15) is 0 Å². The number of aliphatic hydroxyl groups is 1. The summed E-state index contributed by atoms with van der Waals surface area (Å²) in [7, 11) is 0. The van der Waals surface area contributed by atoms with Crippen molar-refractivity contribution in [1.29, 1.82) is 0 Å². The fraction of sp³-hybridized carbons (Fsp3) is 0.842. The number of rotatable bonds is 8. The van der Waals surface area contributed by atoms with Crippen molar-refractivity contribution in [2.24, 2.45) is 0 Å². The topological polar surface area (TPSA) is 102 Å². The zero-order valence-corrected chi connectivity index (χ0v) is 16.3. The van der Waals surface area contributed by atoms with Crippen molar-refractivity contribution in [1.82, 2.24) is 25.2 Å². The van der Waals surface area contributed by atoms with E-state index in [0.717, 1.165) is 44.6 Å². The van der Waals surface area contributed by atoms with E-state index < -0.39 is 0 Å². The quantitative estimate of drug-likeness (QED) is 0.636. The first kappa shape index (κ1) is 19.8. The van der Waals surface area contributed by atoms with Crippen molar-refractivity contribution in [3.63, 3.8) is 0 Å². The minimum absolute atomic E-state index is 0.0115. The number of aryl methyl sites for hydroxylation is 1. The highest BCUT2D eigenvalue weighted by Gasteiger charge is 2.32. The maximum Gasteiger partial charge on any atom is 0.234 e. The van der Waals surface area contributed by atoms with Crippen molar-refractivity contribution in [3.05, 3.63) is 11.9 Å². The van der Waals surface area contributed by atoms with E-state index in [9.17, 15) is 9.90 Å². The van der Waals surface area contributed by atoms with E-state index >= 15 is 0 Å². The number of ether oxygens (including phenoxy) is 2. The first-order valence-corrected chi connectivity index (χ1v) is 10.5. The first-order valence-electron chi connectivity index (χ1n) is 10.5. The molecule has 0 unspecified atom stereocenters. The molecule has 1 aromatic rings. The van der Waals surface area contributed by atoms with Crippen LogP contribution in [0, 0.1) is 0 Å². The van der Waals surface area contributed by atoms with E-state index in [1.807, 2.05) is 10.9 Å². The minimum atomic E-state index is -0.356. The van der Waals surface area contributed by atoms with E-state index in [4.69, 9.17) is 9.47 Å². The SMILES string of the molecule is O=C(CN1CCOCC1)N[C@H]1CC[C@H](CCn2cc(C3CC3)nn2)O[C@H]1CO. The Hall–Kier alpha value is -1.55. The van der Waals surface area contributed by atoms with Gasteiger partial charge in [0.15, 0.2) is 0 Å². The van der Waals surface area contributed by atoms with E-state index in [0.29, 0.717) is 25.7 Å². The average molecular weight is 393 g/mol. The molecule has 0 radical (unpaired) electrons. The molecule has 28 heavy (non-hydrogen) atoms. The van der Waals surface area contributed by atoms with Gasteiger partial charge >= 0.3 is 0 Å². The molecule has 3 fully saturated rings. The van der Waals surface area contributed by atoms with Gasteiger partial charge in [-0.05, 0) is 32.1 Å². The van der Waals surface area contributed by atoms with Crippen LogP contribution < -0.4 is 5.32 Å². The summed E-state index contributed by atoms with van der Waals surface area (Å²) in [6.07, 6.45) is 6.71. The molecule has 3 aliphatic rings. The third-order valence-corrected chi connectivity index (χ3v) is 5.85. The third-order valence-electron chi connectivity index (χ3n) is 5.85. The Kier molecular flexibility index (Phi) is 6.56. The molecule has 3 heterocycles. The second kappa shape index (κ2) is 9.30. The maximum absolute atomic E-state index is 12.3. The Balaban J connectivity index is 1.20. The highest BCUT2D eigenvalue weighted by atomic mass is 16.5. The standard InChI is InChI=1S/C19H31N5O4/c25-13-18-16(20-19(26)12-23-7-9-27-10-8-23)4-3-15(28-18)5-6-24-11-17(21-22-24)14-1-2-14/h11,14-16,18,25H,1-10,12-13H2,(H,20,26)/t15-,16+,18+/m1/s1. The number of hydrogen-bond donors (Lipinski definition) is 2. The van der Waals surface area contributed by atoms with Gasteiger partial charge < -0.3 is 19.9 Å². The summed E-state index contributed by atoms with van der Waals surface area (Å²) in [5, 5.41) is 21.2. The predicted molar refractivity (Wildman–Crippen MR) is 101 cm³/mol. The van der Waals surface area contributed by atoms with Crippen LogP contribution in [0.5, 0.6) is 0 Å². The van der Waals surface area contributed by atoms with Gasteiger partial charge in [0, 0.05) is 31.7 Å². The summed E-state index contributed by atoms with van der Waals surface area (Å²) in [5.41, 5.74) is 1.10. The Morgan fingerprint density at radius 3 is 2.82 bits per heavy atom. The lowest BCUT2D eigenvalue weighted by molar-refractivity contribution is -0.130. The van der Waals surface area contributed by atoms with Gasteiger partial charge in [-0.25, -0.2) is 0 Å². The van der Waals surface area contributed by atoms with Crippen LogP contribution in [0.1, 0.15) is 43.7 Å². The summed E-state index contributed by atoms with van der Waals surface area (Å²) in [5.74, 6) is 0.600. The molecule has 2 aliphatic heterocycles. The van der Waals surface area contributed by atoms with Crippen LogP contribution in [0.2, 0.25) is 0 Å². The molecule has 4 rings (SSSR count). The lowest BCUT2D eigenvalue weighted by Crippen LogP contribution is -2.53. The summed E-state index contributed by atoms with van der Waals surface area (Å²) in [4.78, 5) is 14.4. The number of carbonyl (C=O) groups is 1. The molecule has 0 spiro atoms. The molecule has 156 valence electrons. The molecule has 1 amide bonds. The van der Waals surface area contributed by atoms with Crippen molar-refractivity contribution in [2.75, 3.05) is 39.5 Å². The number of hydrogen-bond acceptors (Lipinski definition) is 7. The first-order chi connectivity index (χ1) is 13.7. The second-order valence-corrected chi connectivity index (χ2v) is 8.09. The number of carbonyl (C=O) groups excluding carboxylic acids is 1. The molecule has 1 aromatic heterocycles. The molecule has 2 N–H and O–H groups in total. The predicted octanol–water partition coefficient (Wildman–Crippen LogP) is -0.0975. The zero-order chi connectivity index (χ0) is 19.3. The Morgan fingerprint density at radius 1 is 1.25 bits per heavy atom. The molecule has 1 saturated carbocycles. The van der Waals surface area contributed by atoms with Crippen LogP contribution in [0.15, 0.2) is 6.20 Å². The van der Waals surface area contributed by atoms with Crippen molar-refractivity contribution >= 4 is 5.91 Å². The normalized spacial score (nSPS) is 29.0. The molecular weight excluding hydrogens is 362 g/mol. The summed E-state index contributed by atoms with van der Waals surface area (Å²) in [6.45, 7) is 3.96. The van der Waals surface area contributed by atoms with E-state index in [2.05, 4.69) is 20.5 Å². The lowest BCUT2D eigenvalue weighted by atomic mass is 9.97. The number of morpholine rings is 1. The fourth-order valence-electron chi connectivity index (χ4n) is 3.99. The molecule has 0 bridgehead atoms. The zero-order valence-electron chi connectivity index (χ0n) is 16.3. The second-order valence-electron chi connectivity index (χ2n) is 8.09. The number of nitrogens with zero attached hydrogens (tertiary/aromatic N) is 4. The van der Waals surface area contributed by atoms with Crippen molar-refractivity contribution in [3.8, 4) is 0 Å². The van der Waals surface area contributed by atoms with Gasteiger partial charge in [0.05, 0.1) is 44.2 Å². The smallest absolute Gasteiger partial charge is 0.234 e. The monoisotopic (exact) mass is 393 g/mol. The van der Waals surface area contributed by atoms with Gasteiger partial charge in [0.25, 0.3) is 0 Å². The van der Waals surface area contributed by atoms with Gasteiger partial charge in [-0.3, -0.25) is 14.4 Å². The Labute approximate surface area is 165 Å². The Morgan fingerprint density at radius 2 is 2.07 bits per heavy atom. The van der Waals surface area contributed by atoms with E-state index in [1.165, 1.54) is 12.8 Å². The largest absolute Gasteiger partial charge is 0.394 e. The number of nitrogens with one attached hydrogen (secondary N) is 1. The molecule has 3 atom stereocenters. The fourth-order valence-corrected chi connectivity index (χ4v) is 3.99. The van der Waals surface area contributed by atoms with E-state index in [1.54, 1.807) is 0 Å². The van der Waals surface area contributed by atoms with Crippen LogP contribution in [0.3, 0.4) is 0 Å². The van der Waals surface area contributed by atoms with Crippen LogP contribution in [0.25, 0.3) is 0 Å². The van der Waals surface area contributed by atoms with Crippen LogP contribution in [0.4, 0.5) is 0 Å². The van der Waals surface area contributed by atoms with Crippen molar-refractivity contribution < 1.29 is 19.4 Å². The van der Waals surface area contributed by atoms with Crippen LogP contribution in [-0.2, 0) is 20.8 Å². The average Bonchev–Trinajstić information content (AvgIpc) is 3.46. The van der Waals surface area contributed by atoms with Gasteiger partial charge in [0.1, 0.15) is 6.10 Å². The summed E-state index contributed by atoms with van der Waals surface area (Å²) < 4.78 is 13.3. The van der Waals surface area contributed by atoms with Crippen LogP contribution in [-0.4, -0.2) is 88.6 Å². The highest BCUT2D eigenvalue weighted by Crippen LogP contribution is 2.38. The highest BCUT2D eigenvalue weighted by molar-refractivity contribution is 5.78. The molecule has 9 heteroatoms. The van der Waals surface area contributed by atoms with Gasteiger partial charge in [-0.15, -0.1) is 5.10 Å². The van der Waals surface area contributed by atoms with E-state index in [-0.39, 0.29) is 30.8 Å². The summed E-state index contributed by atoms with van der Waals surface area (Å²) >= 11 is 0. The molecule has 0 aromatic carbocycles. The number of aromatic nitrogens is 3. The van der Waals surface area contributed by atoms with Gasteiger partial charge in [-0.1, -0.05) is 5.21 Å². The Bertz CT molecular complexity index is 644. The van der Waals surface area contributed by atoms with Crippen LogP contribution >= 0.6 is 0 Å². The lowest BCUT2D eigenvalue weighted by Gasteiger charge is -2.36. The minimum Gasteiger partial charge on any atom is -0.394 e. The molecule has 1 aliphatic carbocycles. The maximum atomic E-state index is 12.3. The van der Waals surface area contributed by atoms with Gasteiger partial charge in [0.2, 0.25) is 5.91 Å².